The van der Waals surface area contributed by atoms with Gasteiger partial charge in [0.25, 0.3) is 0 Å². The third-order valence-corrected chi connectivity index (χ3v) is 4.37. The Bertz CT molecular complexity index is 273. The molecule has 4 nitrogen and oxygen atoms in total. The van der Waals surface area contributed by atoms with Crippen LogP contribution in [0.25, 0.3) is 0 Å². The van der Waals surface area contributed by atoms with Crippen molar-refractivity contribution in [3.05, 3.63) is 0 Å². The maximum atomic E-state index is 5.77. The second kappa shape index (κ2) is 7.21. The Balaban J connectivity index is 1.49. The van der Waals surface area contributed by atoms with E-state index in [4.69, 9.17) is 9.47 Å². The first-order valence-electron chi connectivity index (χ1n) is 8.23. The first kappa shape index (κ1) is 16.2. The summed E-state index contributed by atoms with van der Waals surface area (Å²) in [5, 5.41) is 7.04. The lowest BCUT2D eigenvalue weighted by Gasteiger charge is -2.35. The zero-order chi connectivity index (χ0) is 14.5. The summed E-state index contributed by atoms with van der Waals surface area (Å²) >= 11 is 0. The molecule has 1 saturated carbocycles. The maximum absolute atomic E-state index is 5.77. The summed E-state index contributed by atoms with van der Waals surface area (Å²) in [5.74, 6) is 0.650. The first-order chi connectivity index (χ1) is 9.49. The Morgan fingerprint density at radius 2 is 1.65 bits per heavy atom. The highest BCUT2D eigenvalue weighted by molar-refractivity contribution is 4.82. The zero-order valence-electron chi connectivity index (χ0n) is 13.5. The van der Waals surface area contributed by atoms with Crippen LogP contribution < -0.4 is 10.6 Å². The summed E-state index contributed by atoms with van der Waals surface area (Å²) in [7, 11) is 0. The van der Waals surface area contributed by atoms with E-state index in [0.29, 0.717) is 0 Å². The molecule has 1 spiro atoms. The van der Waals surface area contributed by atoms with Crippen LogP contribution >= 0.6 is 0 Å². The summed E-state index contributed by atoms with van der Waals surface area (Å²) in [6.45, 7) is 11.4. The summed E-state index contributed by atoms with van der Waals surface area (Å²) in [4.78, 5) is 0. The highest BCUT2D eigenvalue weighted by atomic mass is 16.7. The van der Waals surface area contributed by atoms with Crippen molar-refractivity contribution in [2.75, 3.05) is 32.8 Å². The minimum absolute atomic E-state index is 0.194. The van der Waals surface area contributed by atoms with Crippen LogP contribution in [-0.2, 0) is 9.47 Å². The predicted molar refractivity (Wildman–Crippen MR) is 81.8 cm³/mol. The molecule has 2 aliphatic rings. The molecule has 1 aliphatic carbocycles. The van der Waals surface area contributed by atoms with Crippen LogP contribution in [0.15, 0.2) is 0 Å². The smallest absolute Gasteiger partial charge is 0.168 e. The van der Waals surface area contributed by atoms with Gasteiger partial charge in [0, 0.05) is 31.5 Å². The van der Waals surface area contributed by atoms with Crippen molar-refractivity contribution >= 4 is 0 Å². The van der Waals surface area contributed by atoms with E-state index in [9.17, 15) is 0 Å². The number of rotatable bonds is 6. The molecule has 1 heterocycles. The van der Waals surface area contributed by atoms with E-state index >= 15 is 0 Å². The van der Waals surface area contributed by atoms with Crippen LogP contribution in [0, 0.1) is 5.92 Å². The lowest BCUT2D eigenvalue weighted by Crippen LogP contribution is -2.40. The lowest BCUT2D eigenvalue weighted by molar-refractivity contribution is -0.182. The van der Waals surface area contributed by atoms with E-state index in [0.717, 1.165) is 51.6 Å². The third-order valence-electron chi connectivity index (χ3n) is 4.37. The van der Waals surface area contributed by atoms with Crippen molar-refractivity contribution in [3.8, 4) is 0 Å². The summed E-state index contributed by atoms with van der Waals surface area (Å²) in [5.41, 5.74) is 0.223. The fourth-order valence-corrected chi connectivity index (χ4v) is 3.15. The number of nitrogens with one attached hydrogen (secondary N) is 2. The Hall–Kier alpha value is -0.160. The van der Waals surface area contributed by atoms with Crippen molar-refractivity contribution in [1.82, 2.24) is 10.6 Å². The van der Waals surface area contributed by atoms with Gasteiger partial charge in [0.1, 0.15) is 0 Å². The number of ether oxygens (including phenoxy) is 2. The van der Waals surface area contributed by atoms with Crippen LogP contribution in [0.5, 0.6) is 0 Å². The van der Waals surface area contributed by atoms with Gasteiger partial charge in [-0.05, 0) is 52.5 Å². The van der Waals surface area contributed by atoms with Crippen LogP contribution in [0.2, 0.25) is 0 Å². The highest BCUT2D eigenvalue weighted by Crippen LogP contribution is 2.39. The molecule has 1 aliphatic heterocycles. The first-order valence-corrected chi connectivity index (χ1v) is 8.23. The topological polar surface area (TPSA) is 42.5 Å². The zero-order valence-corrected chi connectivity index (χ0v) is 13.5. The van der Waals surface area contributed by atoms with Gasteiger partial charge in [-0.1, -0.05) is 0 Å². The number of hydrogen-bond donors (Lipinski definition) is 2. The molecular weight excluding hydrogens is 252 g/mol. The second-order valence-electron chi connectivity index (χ2n) is 7.27. The molecule has 1 saturated heterocycles. The SMILES string of the molecule is CC(C)(C)NCCNCCC1CCC2(CC1)OCCO2. The van der Waals surface area contributed by atoms with Gasteiger partial charge in [-0.2, -0.15) is 0 Å². The monoisotopic (exact) mass is 284 g/mol. The molecule has 0 aromatic heterocycles. The van der Waals surface area contributed by atoms with Crippen LogP contribution in [0.1, 0.15) is 52.9 Å². The maximum Gasteiger partial charge on any atom is 0.168 e. The standard InChI is InChI=1S/C16H32N2O2/c1-15(2,3)18-11-10-17-9-6-14-4-7-16(8-5-14)19-12-13-20-16/h14,17-18H,4-13H2,1-3H3. The Kier molecular flexibility index (Phi) is 5.84. The lowest BCUT2D eigenvalue weighted by atomic mass is 9.83. The molecule has 0 unspecified atom stereocenters. The van der Waals surface area contributed by atoms with E-state index in [-0.39, 0.29) is 11.3 Å². The van der Waals surface area contributed by atoms with E-state index in [1.54, 1.807) is 0 Å². The van der Waals surface area contributed by atoms with Crippen LogP contribution in [-0.4, -0.2) is 44.2 Å². The molecule has 0 bridgehead atoms. The van der Waals surface area contributed by atoms with Crippen LogP contribution in [0.4, 0.5) is 0 Å². The van der Waals surface area contributed by atoms with E-state index in [2.05, 4.69) is 31.4 Å². The predicted octanol–water partition coefficient (Wildman–Crippen LogP) is 2.29. The Morgan fingerprint density at radius 1 is 1.00 bits per heavy atom. The van der Waals surface area contributed by atoms with Gasteiger partial charge in [-0.3, -0.25) is 0 Å². The van der Waals surface area contributed by atoms with Crippen molar-refractivity contribution in [1.29, 1.82) is 0 Å². The summed E-state index contributed by atoms with van der Waals surface area (Å²) in [6.07, 6.45) is 5.96. The van der Waals surface area contributed by atoms with Crippen LogP contribution in [0.3, 0.4) is 0 Å². The molecule has 118 valence electrons. The summed E-state index contributed by atoms with van der Waals surface area (Å²) in [6, 6.07) is 0. The van der Waals surface area contributed by atoms with Gasteiger partial charge in [0.2, 0.25) is 0 Å². The van der Waals surface area contributed by atoms with E-state index < -0.39 is 0 Å². The van der Waals surface area contributed by atoms with E-state index in [1.165, 1.54) is 19.3 Å². The molecule has 2 rings (SSSR count). The molecule has 20 heavy (non-hydrogen) atoms. The van der Waals surface area contributed by atoms with Gasteiger partial charge >= 0.3 is 0 Å². The molecule has 2 fully saturated rings. The van der Waals surface area contributed by atoms with Gasteiger partial charge < -0.3 is 20.1 Å². The highest BCUT2D eigenvalue weighted by Gasteiger charge is 2.39. The van der Waals surface area contributed by atoms with Gasteiger partial charge in [-0.15, -0.1) is 0 Å². The third kappa shape index (κ3) is 5.32. The van der Waals surface area contributed by atoms with Crippen molar-refractivity contribution in [3.63, 3.8) is 0 Å². The fourth-order valence-electron chi connectivity index (χ4n) is 3.15. The second-order valence-corrected chi connectivity index (χ2v) is 7.27. The fraction of sp³-hybridized carbons (Fsp3) is 1.00. The minimum Gasteiger partial charge on any atom is -0.348 e. The van der Waals surface area contributed by atoms with Gasteiger partial charge in [-0.25, -0.2) is 0 Å². The molecule has 0 aromatic carbocycles. The molecular formula is C16H32N2O2. The largest absolute Gasteiger partial charge is 0.348 e. The molecule has 0 aromatic rings. The van der Waals surface area contributed by atoms with Crippen molar-refractivity contribution in [2.45, 2.75) is 64.2 Å². The average molecular weight is 284 g/mol. The molecule has 0 atom stereocenters. The molecule has 0 amide bonds. The molecule has 4 heteroatoms. The van der Waals surface area contributed by atoms with Crippen molar-refractivity contribution < 1.29 is 9.47 Å². The molecule has 0 radical (unpaired) electrons. The molecule has 2 N–H and O–H groups in total. The van der Waals surface area contributed by atoms with E-state index in [1.807, 2.05) is 0 Å². The minimum atomic E-state index is -0.194. The average Bonchev–Trinajstić information content (AvgIpc) is 2.83. The Morgan fingerprint density at radius 3 is 2.25 bits per heavy atom. The number of hydrogen-bond acceptors (Lipinski definition) is 4. The van der Waals surface area contributed by atoms with Gasteiger partial charge in [0.15, 0.2) is 5.79 Å². The summed E-state index contributed by atoms with van der Waals surface area (Å²) < 4.78 is 11.5. The normalized spacial score (nSPS) is 23.6. The Labute approximate surface area is 124 Å². The van der Waals surface area contributed by atoms with Gasteiger partial charge in [0.05, 0.1) is 13.2 Å². The quantitative estimate of drug-likeness (QED) is 0.734. The van der Waals surface area contributed by atoms with Crippen molar-refractivity contribution in [2.24, 2.45) is 5.92 Å².